The SMILES string of the molecule is CCN(CC)c1ccc(Nc2cc(C)nc(N3CCN(C(C)=O)CC3)n2)c(C)c1. The Kier molecular flexibility index (Phi) is 6.56. The summed E-state index contributed by atoms with van der Waals surface area (Å²) in [5.74, 6) is 1.63. The lowest BCUT2D eigenvalue weighted by atomic mass is 10.1. The van der Waals surface area contributed by atoms with Crippen LogP contribution in [-0.2, 0) is 4.79 Å². The molecule has 0 saturated carbocycles. The number of benzene rings is 1. The lowest BCUT2D eigenvalue weighted by Crippen LogP contribution is -2.48. The summed E-state index contributed by atoms with van der Waals surface area (Å²) in [6.45, 7) is 15.0. The average molecular weight is 397 g/mol. The first-order valence-corrected chi connectivity index (χ1v) is 10.4. The van der Waals surface area contributed by atoms with Crippen molar-refractivity contribution < 1.29 is 4.79 Å². The summed E-state index contributed by atoms with van der Waals surface area (Å²) in [6.07, 6.45) is 0. The van der Waals surface area contributed by atoms with Crippen LogP contribution in [0, 0.1) is 13.8 Å². The average Bonchev–Trinajstić information content (AvgIpc) is 2.70. The van der Waals surface area contributed by atoms with Gasteiger partial charge in [-0.05, 0) is 51.5 Å². The van der Waals surface area contributed by atoms with Crippen molar-refractivity contribution in [3.8, 4) is 0 Å². The van der Waals surface area contributed by atoms with E-state index in [1.54, 1.807) is 6.92 Å². The molecule has 0 aliphatic carbocycles. The lowest BCUT2D eigenvalue weighted by Gasteiger charge is -2.34. The Morgan fingerprint density at radius 2 is 1.76 bits per heavy atom. The molecule has 1 aromatic heterocycles. The minimum absolute atomic E-state index is 0.126. The van der Waals surface area contributed by atoms with Crippen molar-refractivity contribution in [3.63, 3.8) is 0 Å². The number of aromatic nitrogens is 2. The largest absolute Gasteiger partial charge is 0.372 e. The fraction of sp³-hybridized carbons (Fsp3) is 0.500. The maximum atomic E-state index is 11.6. The molecule has 1 N–H and O–H groups in total. The van der Waals surface area contributed by atoms with Crippen LogP contribution in [-0.4, -0.2) is 60.0 Å². The van der Waals surface area contributed by atoms with Gasteiger partial charge in [-0.15, -0.1) is 0 Å². The van der Waals surface area contributed by atoms with Crippen LogP contribution in [0.5, 0.6) is 0 Å². The summed E-state index contributed by atoms with van der Waals surface area (Å²) in [6, 6.07) is 8.45. The summed E-state index contributed by atoms with van der Waals surface area (Å²) in [7, 11) is 0. The van der Waals surface area contributed by atoms with Crippen molar-refractivity contribution in [2.24, 2.45) is 0 Å². The molecule has 0 atom stereocenters. The van der Waals surface area contributed by atoms with Crippen molar-refractivity contribution in [2.45, 2.75) is 34.6 Å². The summed E-state index contributed by atoms with van der Waals surface area (Å²) < 4.78 is 0. The normalized spacial score (nSPS) is 14.1. The minimum Gasteiger partial charge on any atom is -0.372 e. The molecule has 7 nitrogen and oxygen atoms in total. The fourth-order valence-corrected chi connectivity index (χ4v) is 3.69. The van der Waals surface area contributed by atoms with Crippen molar-refractivity contribution in [1.29, 1.82) is 0 Å². The van der Waals surface area contributed by atoms with Crippen LogP contribution in [0.15, 0.2) is 24.3 Å². The molecule has 0 spiro atoms. The molecule has 7 heteroatoms. The lowest BCUT2D eigenvalue weighted by molar-refractivity contribution is -0.129. The smallest absolute Gasteiger partial charge is 0.227 e. The van der Waals surface area contributed by atoms with E-state index < -0.39 is 0 Å². The van der Waals surface area contributed by atoms with Crippen molar-refractivity contribution >= 4 is 29.0 Å². The van der Waals surface area contributed by atoms with Crippen LogP contribution in [0.25, 0.3) is 0 Å². The molecule has 1 amide bonds. The molecule has 156 valence electrons. The van der Waals surface area contributed by atoms with Gasteiger partial charge in [0.25, 0.3) is 0 Å². The van der Waals surface area contributed by atoms with Crippen LogP contribution in [0.1, 0.15) is 32.0 Å². The molecule has 3 rings (SSSR count). The molecule has 2 heterocycles. The van der Waals surface area contributed by atoms with Gasteiger partial charge in [0, 0.05) is 69.3 Å². The molecular weight excluding hydrogens is 364 g/mol. The Morgan fingerprint density at radius 3 is 2.34 bits per heavy atom. The molecule has 1 aliphatic rings. The van der Waals surface area contributed by atoms with Gasteiger partial charge in [-0.2, -0.15) is 4.98 Å². The Bertz CT molecular complexity index is 856. The van der Waals surface area contributed by atoms with E-state index in [1.807, 2.05) is 17.9 Å². The van der Waals surface area contributed by atoms with E-state index >= 15 is 0 Å². The van der Waals surface area contributed by atoms with Crippen LogP contribution in [0.2, 0.25) is 0 Å². The molecular formula is C22H32N6O. The van der Waals surface area contributed by atoms with Crippen LogP contribution >= 0.6 is 0 Å². The van der Waals surface area contributed by atoms with E-state index in [1.165, 1.54) is 11.3 Å². The predicted octanol–water partition coefficient (Wildman–Crippen LogP) is 3.35. The number of nitrogens with zero attached hydrogens (tertiary/aromatic N) is 5. The van der Waals surface area contributed by atoms with E-state index in [9.17, 15) is 4.79 Å². The first-order chi connectivity index (χ1) is 13.9. The zero-order chi connectivity index (χ0) is 21.0. The maximum absolute atomic E-state index is 11.6. The molecule has 1 aliphatic heterocycles. The molecule has 1 saturated heterocycles. The molecule has 0 radical (unpaired) electrons. The highest BCUT2D eigenvalue weighted by molar-refractivity contribution is 5.73. The molecule has 0 unspecified atom stereocenters. The number of anilines is 4. The number of piperazine rings is 1. The highest BCUT2D eigenvalue weighted by Crippen LogP contribution is 2.26. The number of carbonyl (C=O) groups excluding carboxylic acids is 1. The Balaban J connectivity index is 1.76. The molecule has 29 heavy (non-hydrogen) atoms. The molecule has 2 aromatic rings. The van der Waals surface area contributed by atoms with Crippen molar-refractivity contribution in [3.05, 3.63) is 35.5 Å². The standard InChI is InChI=1S/C22H32N6O/c1-6-26(7-2)19-8-9-20(16(3)14-19)24-21-15-17(4)23-22(25-21)28-12-10-27(11-13-28)18(5)29/h8-9,14-15H,6-7,10-13H2,1-5H3,(H,23,24,25). The number of rotatable bonds is 6. The fourth-order valence-electron chi connectivity index (χ4n) is 3.69. The second-order valence-corrected chi connectivity index (χ2v) is 7.48. The van der Waals surface area contributed by atoms with E-state index in [-0.39, 0.29) is 5.91 Å². The third-order valence-electron chi connectivity index (χ3n) is 5.45. The number of carbonyl (C=O) groups is 1. The van der Waals surface area contributed by atoms with Gasteiger partial charge in [0.2, 0.25) is 11.9 Å². The van der Waals surface area contributed by atoms with E-state index in [2.05, 4.69) is 59.1 Å². The third kappa shape index (κ3) is 4.96. The predicted molar refractivity (Wildman–Crippen MR) is 119 cm³/mol. The van der Waals surface area contributed by atoms with Gasteiger partial charge < -0.3 is 20.0 Å². The Hall–Kier alpha value is -2.83. The van der Waals surface area contributed by atoms with Gasteiger partial charge in [0.05, 0.1) is 0 Å². The molecule has 1 fully saturated rings. The summed E-state index contributed by atoms with van der Waals surface area (Å²) in [4.78, 5) is 27.3. The first kappa shape index (κ1) is 20.9. The van der Waals surface area contributed by atoms with Gasteiger partial charge in [0.1, 0.15) is 5.82 Å². The van der Waals surface area contributed by atoms with E-state index in [0.717, 1.165) is 43.4 Å². The van der Waals surface area contributed by atoms with Crippen LogP contribution < -0.4 is 15.1 Å². The number of hydrogen-bond acceptors (Lipinski definition) is 6. The number of aryl methyl sites for hydroxylation is 2. The highest BCUT2D eigenvalue weighted by atomic mass is 16.2. The van der Waals surface area contributed by atoms with E-state index in [0.29, 0.717) is 19.0 Å². The molecule has 1 aromatic carbocycles. The first-order valence-electron chi connectivity index (χ1n) is 10.4. The highest BCUT2D eigenvalue weighted by Gasteiger charge is 2.21. The monoisotopic (exact) mass is 396 g/mol. The Morgan fingerprint density at radius 1 is 1.07 bits per heavy atom. The zero-order valence-corrected chi connectivity index (χ0v) is 18.2. The van der Waals surface area contributed by atoms with Gasteiger partial charge in [-0.25, -0.2) is 4.98 Å². The van der Waals surface area contributed by atoms with Gasteiger partial charge in [0.15, 0.2) is 0 Å². The summed E-state index contributed by atoms with van der Waals surface area (Å²) in [5, 5.41) is 3.46. The zero-order valence-electron chi connectivity index (χ0n) is 18.2. The van der Waals surface area contributed by atoms with Gasteiger partial charge in [-0.3, -0.25) is 4.79 Å². The van der Waals surface area contributed by atoms with Crippen LogP contribution in [0.4, 0.5) is 23.1 Å². The quantitative estimate of drug-likeness (QED) is 0.808. The second-order valence-electron chi connectivity index (χ2n) is 7.48. The maximum Gasteiger partial charge on any atom is 0.227 e. The number of nitrogens with one attached hydrogen (secondary N) is 1. The molecule has 0 bridgehead atoms. The summed E-state index contributed by atoms with van der Waals surface area (Å²) in [5.41, 5.74) is 4.39. The summed E-state index contributed by atoms with van der Waals surface area (Å²) >= 11 is 0. The van der Waals surface area contributed by atoms with Crippen molar-refractivity contribution in [1.82, 2.24) is 14.9 Å². The van der Waals surface area contributed by atoms with Gasteiger partial charge >= 0.3 is 0 Å². The topological polar surface area (TPSA) is 64.6 Å². The van der Waals surface area contributed by atoms with E-state index in [4.69, 9.17) is 4.98 Å². The van der Waals surface area contributed by atoms with Crippen molar-refractivity contribution in [2.75, 3.05) is 54.4 Å². The Labute approximate surface area is 173 Å². The number of amides is 1. The van der Waals surface area contributed by atoms with Gasteiger partial charge in [-0.1, -0.05) is 0 Å². The number of hydrogen-bond donors (Lipinski definition) is 1. The van der Waals surface area contributed by atoms with Crippen LogP contribution in [0.3, 0.4) is 0 Å². The minimum atomic E-state index is 0.126. The third-order valence-corrected chi connectivity index (χ3v) is 5.45. The second kappa shape index (κ2) is 9.11.